The molecule has 0 aliphatic carbocycles. The van der Waals surface area contributed by atoms with Crippen molar-refractivity contribution in [1.29, 1.82) is 0 Å². The van der Waals surface area contributed by atoms with Crippen LogP contribution in [-0.2, 0) is 11.3 Å². The molecule has 2 nitrogen and oxygen atoms in total. The fourth-order valence-corrected chi connectivity index (χ4v) is 1.48. The van der Waals surface area contributed by atoms with Gasteiger partial charge in [0.2, 0.25) is 5.91 Å². The molecular formula is C12H16ClNO. The minimum atomic E-state index is 0.0740. The van der Waals surface area contributed by atoms with Crippen molar-refractivity contribution in [2.45, 2.75) is 26.8 Å². The van der Waals surface area contributed by atoms with E-state index in [-0.39, 0.29) is 5.91 Å². The number of carbonyl (C=O) groups is 1. The van der Waals surface area contributed by atoms with Gasteiger partial charge in [-0.25, -0.2) is 0 Å². The van der Waals surface area contributed by atoms with Gasteiger partial charge in [-0.1, -0.05) is 43.6 Å². The monoisotopic (exact) mass is 225 g/mol. The first kappa shape index (κ1) is 12.1. The van der Waals surface area contributed by atoms with E-state index in [9.17, 15) is 4.79 Å². The van der Waals surface area contributed by atoms with Crippen LogP contribution in [0.15, 0.2) is 24.3 Å². The Bertz CT molecular complexity index is 336. The maximum atomic E-state index is 11.4. The minimum absolute atomic E-state index is 0.0740. The van der Waals surface area contributed by atoms with Crippen LogP contribution in [0.5, 0.6) is 0 Å². The number of halogens is 1. The van der Waals surface area contributed by atoms with E-state index in [1.54, 1.807) is 0 Å². The van der Waals surface area contributed by atoms with E-state index in [0.717, 1.165) is 5.56 Å². The second-order valence-corrected chi connectivity index (χ2v) is 4.37. The van der Waals surface area contributed by atoms with Crippen molar-refractivity contribution < 1.29 is 4.79 Å². The van der Waals surface area contributed by atoms with E-state index in [1.165, 1.54) is 0 Å². The Hall–Kier alpha value is -1.02. The number of hydrogen-bond donors (Lipinski definition) is 1. The summed E-state index contributed by atoms with van der Waals surface area (Å²) in [6.07, 6.45) is 0.560. The molecule has 1 aromatic carbocycles. The first-order valence-corrected chi connectivity index (χ1v) is 5.47. The maximum absolute atomic E-state index is 11.4. The predicted molar refractivity (Wildman–Crippen MR) is 62.8 cm³/mol. The lowest BCUT2D eigenvalue weighted by atomic mass is 10.1. The van der Waals surface area contributed by atoms with Crippen LogP contribution in [0.3, 0.4) is 0 Å². The van der Waals surface area contributed by atoms with E-state index in [0.29, 0.717) is 23.9 Å². The van der Waals surface area contributed by atoms with Crippen molar-refractivity contribution in [3.63, 3.8) is 0 Å². The summed E-state index contributed by atoms with van der Waals surface area (Å²) >= 11 is 5.96. The van der Waals surface area contributed by atoms with Crippen LogP contribution in [0, 0.1) is 5.92 Å². The average molecular weight is 226 g/mol. The summed E-state index contributed by atoms with van der Waals surface area (Å²) < 4.78 is 0. The first-order chi connectivity index (χ1) is 7.09. The lowest BCUT2D eigenvalue weighted by Crippen LogP contribution is -2.23. The lowest BCUT2D eigenvalue weighted by Gasteiger charge is -2.08. The number of benzene rings is 1. The third-order valence-electron chi connectivity index (χ3n) is 2.03. The Labute approximate surface area is 95.6 Å². The predicted octanol–water partition coefficient (Wildman–Crippen LogP) is 3.00. The molecule has 0 aromatic heterocycles. The molecule has 0 saturated carbocycles. The zero-order chi connectivity index (χ0) is 11.3. The molecular weight excluding hydrogens is 210 g/mol. The molecule has 1 aromatic rings. The van der Waals surface area contributed by atoms with Crippen molar-refractivity contribution in [3.8, 4) is 0 Å². The highest BCUT2D eigenvalue weighted by Crippen LogP contribution is 2.14. The minimum Gasteiger partial charge on any atom is -0.352 e. The second-order valence-electron chi connectivity index (χ2n) is 3.97. The summed E-state index contributed by atoms with van der Waals surface area (Å²) in [4.78, 5) is 11.4. The van der Waals surface area contributed by atoms with Gasteiger partial charge in [-0.2, -0.15) is 0 Å². The molecule has 0 fully saturated rings. The lowest BCUT2D eigenvalue weighted by molar-refractivity contribution is -0.121. The molecule has 1 amide bonds. The van der Waals surface area contributed by atoms with E-state index in [4.69, 9.17) is 11.6 Å². The summed E-state index contributed by atoms with van der Waals surface area (Å²) in [6.45, 7) is 4.55. The number of hydrogen-bond acceptors (Lipinski definition) is 1. The molecule has 1 N–H and O–H groups in total. The fraction of sp³-hybridized carbons (Fsp3) is 0.417. The maximum Gasteiger partial charge on any atom is 0.220 e. The van der Waals surface area contributed by atoms with Gasteiger partial charge >= 0.3 is 0 Å². The molecule has 0 unspecified atom stereocenters. The van der Waals surface area contributed by atoms with Crippen LogP contribution in [0.25, 0.3) is 0 Å². The molecule has 0 spiro atoms. The zero-order valence-corrected chi connectivity index (χ0v) is 9.84. The molecule has 0 heterocycles. The van der Waals surface area contributed by atoms with Crippen molar-refractivity contribution in [2.24, 2.45) is 5.92 Å². The van der Waals surface area contributed by atoms with Gasteiger partial charge in [0.15, 0.2) is 0 Å². The number of carbonyl (C=O) groups excluding carboxylic acids is 1. The number of rotatable bonds is 4. The number of amides is 1. The Kier molecular flexibility index (Phi) is 4.63. The van der Waals surface area contributed by atoms with Crippen LogP contribution < -0.4 is 5.32 Å². The summed E-state index contributed by atoms with van der Waals surface area (Å²) in [5.41, 5.74) is 0.955. The highest BCUT2D eigenvalue weighted by Gasteiger charge is 2.05. The topological polar surface area (TPSA) is 29.1 Å². The molecule has 0 aliphatic heterocycles. The zero-order valence-electron chi connectivity index (χ0n) is 9.09. The van der Waals surface area contributed by atoms with Crippen LogP contribution in [0.2, 0.25) is 5.02 Å². The third kappa shape index (κ3) is 4.34. The van der Waals surface area contributed by atoms with Gasteiger partial charge in [0.1, 0.15) is 0 Å². The molecule has 0 saturated heterocycles. The smallest absolute Gasteiger partial charge is 0.220 e. The summed E-state index contributed by atoms with van der Waals surface area (Å²) in [5, 5.41) is 3.54. The Morgan fingerprint density at radius 3 is 2.67 bits per heavy atom. The van der Waals surface area contributed by atoms with Crippen LogP contribution in [0.1, 0.15) is 25.8 Å². The van der Waals surface area contributed by atoms with Crippen LogP contribution in [0.4, 0.5) is 0 Å². The summed E-state index contributed by atoms with van der Waals surface area (Å²) in [7, 11) is 0. The highest BCUT2D eigenvalue weighted by molar-refractivity contribution is 6.31. The quantitative estimate of drug-likeness (QED) is 0.839. The van der Waals surface area contributed by atoms with Crippen molar-refractivity contribution >= 4 is 17.5 Å². The van der Waals surface area contributed by atoms with E-state index < -0.39 is 0 Å². The summed E-state index contributed by atoms with van der Waals surface area (Å²) in [6, 6.07) is 7.53. The van der Waals surface area contributed by atoms with E-state index in [2.05, 4.69) is 5.32 Å². The molecule has 0 atom stereocenters. The Morgan fingerprint density at radius 2 is 2.07 bits per heavy atom. The van der Waals surface area contributed by atoms with Crippen LogP contribution >= 0.6 is 11.6 Å². The molecule has 15 heavy (non-hydrogen) atoms. The highest BCUT2D eigenvalue weighted by atomic mass is 35.5. The molecule has 3 heteroatoms. The molecule has 82 valence electrons. The van der Waals surface area contributed by atoms with Gasteiger partial charge < -0.3 is 5.32 Å². The van der Waals surface area contributed by atoms with Crippen molar-refractivity contribution in [1.82, 2.24) is 5.32 Å². The van der Waals surface area contributed by atoms with Crippen molar-refractivity contribution in [2.75, 3.05) is 0 Å². The Morgan fingerprint density at radius 1 is 1.40 bits per heavy atom. The average Bonchev–Trinajstić information content (AvgIpc) is 2.15. The number of nitrogens with one attached hydrogen (secondary N) is 1. The van der Waals surface area contributed by atoms with Crippen LogP contribution in [-0.4, -0.2) is 5.91 Å². The van der Waals surface area contributed by atoms with Gasteiger partial charge in [0, 0.05) is 18.0 Å². The molecule has 0 bridgehead atoms. The molecule has 0 radical (unpaired) electrons. The first-order valence-electron chi connectivity index (χ1n) is 5.09. The molecule has 1 rings (SSSR count). The van der Waals surface area contributed by atoms with Gasteiger partial charge in [-0.15, -0.1) is 0 Å². The van der Waals surface area contributed by atoms with E-state index >= 15 is 0 Å². The van der Waals surface area contributed by atoms with Crippen molar-refractivity contribution in [3.05, 3.63) is 34.9 Å². The largest absolute Gasteiger partial charge is 0.352 e. The third-order valence-corrected chi connectivity index (χ3v) is 2.40. The van der Waals surface area contributed by atoms with Gasteiger partial charge in [-0.05, 0) is 17.5 Å². The van der Waals surface area contributed by atoms with Gasteiger partial charge in [0.05, 0.1) is 0 Å². The molecule has 0 aliphatic rings. The normalized spacial score (nSPS) is 10.4. The Balaban J connectivity index is 2.44. The van der Waals surface area contributed by atoms with Gasteiger partial charge in [-0.3, -0.25) is 4.79 Å². The fourth-order valence-electron chi connectivity index (χ4n) is 1.28. The SMILES string of the molecule is CC(C)CC(=O)NCc1ccccc1Cl. The standard InChI is InChI=1S/C12H16ClNO/c1-9(2)7-12(15)14-8-10-5-3-4-6-11(10)13/h3-6,9H,7-8H2,1-2H3,(H,14,15). The summed E-state index contributed by atoms with van der Waals surface area (Å²) in [5.74, 6) is 0.459. The van der Waals surface area contributed by atoms with E-state index in [1.807, 2.05) is 38.1 Å². The second kappa shape index (κ2) is 5.76. The van der Waals surface area contributed by atoms with Gasteiger partial charge in [0.25, 0.3) is 0 Å².